The second-order valence-corrected chi connectivity index (χ2v) is 7.28. The number of ketones is 1. The first-order valence-corrected chi connectivity index (χ1v) is 9.28. The number of alkyl halides is 1. The van der Waals surface area contributed by atoms with E-state index >= 15 is 0 Å². The zero-order valence-electron chi connectivity index (χ0n) is 15.7. The van der Waals surface area contributed by atoms with Gasteiger partial charge in [0.15, 0.2) is 5.78 Å². The summed E-state index contributed by atoms with van der Waals surface area (Å²) >= 11 is 11.8. The number of hydrogen-bond acceptors (Lipinski definition) is 5. The Morgan fingerprint density at radius 2 is 1.83 bits per heavy atom. The van der Waals surface area contributed by atoms with Crippen molar-refractivity contribution in [2.24, 2.45) is 5.92 Å². The van der Waals surface area contributed by atoms with Crippen LogP contribution >= 0.6 is 23.2 Å². The van der Waals surface area contributed by atoms with Crippen molar-refractivity contribution in [1.82, 2.24) is 10.6 Å². The summed E-state index contributed by atoms with van der Waals surface area (Å²) in [6.45, 7) is 1.62. The molecule has 160 valence electrons. The third-order valence-electron chi connectivity index (χ3n) is 3.81. The van der Waals surface area contributed by atoms with Crippen LogP contribution in [0.2, 0.25) is 10.0 Å². The minimum atomic E-state index is -1.54. The number of amides is 2. The van der Waals surface area contributed by atoms with Crippen molar-refractivity contribution >= 4 is 47.0 Å². The van der Waals surface area contributed by atoms with Crippen LogP contribution in [0.15, 0.2) is 18.2 Å². The third-order valence-corrected chi connectivity index (χ3v) is 4.40. The molecule has 2 amide bonds. The lowest BCUT2D eigenvalue weighted by Gasteiger charge is -2.24. The molecule has 0 aliphatic carbocycles. The van der Waals surface area contributed by atoms with Crippen molar-refractivity contribution in [3.05, 3.63) is 33.8 Å². The quantitative estimate of drug-likeness (QED) is 0.503. The summed E-state index contributed by atoms with van der Waals surface area (Å²) in [6.07, 6.45) is -1.71. The molecule has 11 heteroatoms. The van der Waals surface area contributed by atoms with E-state index < -0.39 is 54.8 Å². The molecule has 8 nitrogen and oxygen atoms in total. The highest BCUT2D eigenvalue weighted by Gasteiger charge is 2.30. The summed E-state index contributed by atoms with van der Waals surface area (Å²) in [4.78, 5) is 46.8. The Labute approximate surface area is 176 Å². The Balaban J connectivity index is 2.75. The van der Waals surface area contributed by atoms with Gasteiger partial charge in [-0.1, -0.05) is 43.1 Å². The Morgan fingerprint density at radius 3 is 2.34 bits per heavy atom. The molecular weight excluding hydrogens is 430 g/mol. The molecule has 1 aromatic rings. The summed E-state index contributed by atoms with van der Waals surface area (Å²) in [5.41, 5.74) is 0.492. The number of nitrogens with one attached hydrogen (secondary N) is 2. The van der Waals surface area contributed by atoms with E-state index in [1.54, 1.807) is 26.0 Å². The van der Waals surface area contributed by atoms with Crippen LogP contribution in [-0.2, 0) is 25.7 Å². The predicted octanol–water partition coefficient (Wildman–Crippen LogP) is 2.74. The van der Waals surface area contributed by atoms with Gasteiger partial charge in [-0.15, -0.1) is 0 Å². The van der Waals surface area contributed by atoms with Crippen LogP contribution in [0.25, 0.3) is 0 Å². The number of halogens is 3. The molecule has 0 radical (unpaired) electrons. The minimum absolute atomic E-state index is 0.184. The van der Waals surface area contributed by atoms with E-state index in [4.69, 9.17) is 33.0 Å². The van der Waals surface area contributed by atoms with Crippen LogP contribution in [0.3, 0.4) is 0 Å². The van der Waals surface area contributed by atoms with Crippen LogP contribution in [0.5, 0.6) is 0 Å². The van der Waals surface area contributed by atoms with Gasteiger partial charge in [-0.05, 0) is 18.1 Å². The highest BCUT2D eigenvalue weighted by molar-refractivity contribution is 6.35. The van der Waals surface area contributed by atoms with Crippen molar-refractivity contribution in [3.63, 3.8) is 0 Å². The molecule has 0 saturated heterocycles. The van der Waals surface area contributed by atoms with Gasteiger partial charge in [0.1, 0.15) is 25.4 Å². The Morgan fingerprint density at radius 1 is 1.17 bits per heavy atom. The fraction of sp³-hybridized carbons (Fsp3) is 0.444. The van der Waals surface area contributed by atoms with E-state index in [0.29, 0.717) is 15.6 Å². The molecule has 0 aliphatic rings. The average molecular weight is 451 g/mol. The van der Waals surface area contributed by atoms with E-state index in [-0.39, 0.29) is 6.61 Å². The monoisotopic (exact) mass is 450 g/mol. The number of carbonyl (C=O) groups is 4. The largest absolute Gasteiger partial charge is 0.481 e. The van der Waals surface area contributed by atoms with Crippen molar-refractivity contribution in [1.29, 1.82) is 0 Å². The molecule has 0 saturated carbocycles. The maximum absolute atomic E-state index is 12.6. The van der Waals surface area contributed by atoms with Crippen molar-refractivity contribution in [2.45, 2.75) is 39.0 Å². The molecule has 1 aromatic carbocycles. The third kappa shape index (κ3) is 8.25. The van der Waals surface area contributed by atoms with E-state index in [1.165, 1.54) is 6.07 Å². The molecule has 0 spiro atoms. The topological polar surface area (TPSA) is 122 Å². The number of carboxylic acids is 1. The first-order chi connectivity index (χ1) is 13.5. The van der Waals surface area contributed by atoms with Crippen LogP contribution in [-0.4, -0.2) is 47.6 Å². The molecule has 3 N–H and O–H groups in total. The Kier molecular flexibility index (Phi) is 9.84. The van der Waals surface area contributed by atoms with Gasteiger partial charge in [0.25, 0.3) is 0 Å². The maximum atomic E-state index is 12.6. The molecule has 0 fully saturated rings. The first kappa shape index (κ1) is 24.6. The van der Waals surface area contributed by atoms with Crippen LogP contribution < -0.4 is 10.6 Å². The highest BCUT2D eigenvalue weighted by Crippen LogP contribution is 2.21. The van der Waals surface area contributed by atoms with Crippen molar-refractivity contribution < 1.29 is 33.4 Å². The number of hydrogen-bond donors (Lipinski definition) is 3. The number of aliphatic carboxylic acids is 1. The van der Waals surface area contributed by atoms with Crippen molar-refractivity contribution in [3.8, 4) is 0 Å². The van der Waals surface area contributed by atoms with E-state index in [9.17, 15) is 23.6 Å². The fourth-order valence-electron chi connectivity index (χ4n) is 2.26. The standard InChI is InChI=1S/C18H21Cl2FN2O6/c1-9(2)16(17(27)22-13(6-15(25)26)14(24)7-21)23-18(28)29-8-10-3-4-11(19)5-12(10)20/h3-5,9,13,16H,6-8H2,1-2H3,(H,22,27)(H,23,28)(H,25,26)/t13?,16-/m0/s1. The second kappa shape index (κ2) is 11.6. The number of rotatable bonds is 10. The fourth-order valence-corrected chi connectivity index (χ4v) is 2.72. The van der Waals surface area contributed by atoms with E-state index in [2.05, 4.69) is 10.6 Å². The Bertz CT molecular complexity index is 775. The maximum Gasteiger partial charge on any atom is 0.408 e. The predicted molar refractivity (Wildman–Crippen MR) is 104 cm³/mol. The normalized spacial score (nSPS) is 12.8. The van der Waals surface area contributed by atoms with Gasteiger partial charge >= 0.3 is 12.1 Å². The van der Waals surface area contributed by atoms with Crippen LogP contribution in [0, 0.1) is 5.92 Å². The number of ether oxygens (including phenoxy) is 1. The average Bonchev–Trinajstić information content (AvgIpc) is 2.63. The molecule has 0 aliphatic heterocycles. The zero-order chi connectivity index (χ0) is 22.1. The molecule has 0 heterocycles. The molecule has 1 unspecified atom stereocenters. The number of carboxylic acid groups (broad SMARTS) is 1. The number of Topliss-reactive ketones (excluding diaryl/α,β-unsaturated/α-hetero) is 1. The minimum Gasteiger partial charge on any atom is -0.481 e. The van der Waals surface area contributed by atoms with Gasteiger partial charge in [-0.3, -0.25) is 14.4 Å². The van der Waals surface area contributed by atoms with Gasteiger partial charge in [0, 0.05) is 15.6 Å². The number of carbonyl (C=O) groups excluding carboxylic acids is 3. The van der Waals surface area contributed by atoms with Crippen LogP contribution in [0.4, 0.5) is 9.18 Å². The molecule has 0 aromatic heterocycles. The number of alkyl carbamates (subject to hydrolysis) is 1. The second-order valence-electron chi connectivity index (χ2n) is 6.44. The molecule has 2 atom stereocenters. The van der Waals surface area contributed by atoms with Gasteiger partial charge in [0.2, 0.25) is 5.91 Å². The molecule has 0 bridgehead atoms. The molecular formula is C18H21Cl2FN2O6. The lowest BCUT2D eigenvalue weighted by atomic mass is 10.0. The SMILES string of the molecule is CC(C)[C@H](NC(=O)OCc1ccc(Cl)cc1Cl)C(=O)NC(CC(=O)O)C(=O)CF. The number of benzene rings is 1. The molecule has 1 rings (SSSR count). The van der Waals surface area contributed by atoms with Crippen LogP contribution in [0.1, 0.15) is 25.8 Å². The lowest BCUT2D eigenvalue weighted by Crippen LogP contribution is -2.54. The first-order valence-electron chi connectivity index (χ1n) is 8.53. The van der Waals surface area contributed by atoms with Gasteiger partial charge in [0.05, 0.1) is 6.42 Å². The van der Waals surface area contributed by atoms with Gasteiger partial charge in [-0.25, -0.2) is 9.18 Å². The summed E-state index contributed by atoms with van der Waals surface area (Å²) < 4.78 is 17.7. The summed E-state index contributed by atoms with van der Waals surface area (Å²) in [5.74, 6) is -3.74. The highest BCUT2D eigenvalue weighted by atomic mass is 35.5. The summed E-state index contributed by atoms with van der Waals surface area (Å²) in [6, 6.07) is 1.93. The van der Waals surface area contributed by atoms with E-state index in [1.807, 2.05) is 0 Å². The molecule has 29 heavy (non-hydrogen) atoms. The summed E-state index contributed by atoms with van der Waals surface area (Å²) in [5, 5.41) is 14.0. The smallest absolute Gasteiger partial charge is 0.408 e. The van der Waals surface area contributed by atoms with E-state index in [0.717, 1.165) is 0 Å². The van der Waals surface area contributed by atoms with Gasteiger partial charge in [-0.2, -0.15) is 0 Å². The van der Waals surface area contributed by atoms with Crippen molar-refractivity contribution in [2.75, 3.05) is 6.67 Å². The zero-order valence-corrected chi connectivity index (χ0v) is 17.2. The Hall–Kier alpha value is -2.39. The summed E-state index contributed by atoms with van der Waals surface area (Å²) in [7, 11) is 0. The van der Waals surface area contributed by atoms with Gasteiger partial charge < -0.3 is 20.5 Å². The lowest BCUT2D eigenvalue weighted by molar-refractivity contribution is -0.140.